The number of methoxy groups -OCH3 is 3. The molecule has 0 unspecified atom stereocenters. The van der Waals surface area contributed by atoms with Gasteiger partial charge in [-0.2, -0.15) is 0 Å². The zero-order valence-electron chi connectivity index (χ0n) is 16.7. The Hall–Kier alpha value is -2.96. The van der Waals surface area contributed by atoms with Gasteiger partial charge in [0.05, 0.1) is 33.2 Å². The number of pyridine rings is 1. The molecule has 1 fully saturated rings. The fourth-order valence-corrected chi connectivity index (χ4v) is 3.35. The maximum absolute atomic E-state index is 12.7. The average Bonchev–Trinajstić information content (AvgIpc) is 3.02. The first-order valence-electron chi connectivity index (χ1n) is 9.48. The lowest BCUT2D eigenvalue weighted by molar-refractivity contribution is 0.0756. The van der Waals surface area contributed by atoms with E-state index in [1.165, 1.54) is 12.8 Å². The average molecular weight is 385 g/mol. The van der Waals surface area contributed by atoms with Gasteiger partial charge >= 0.3 is 0 Å². The van der Waals surface area contributed by atoms with Gasteiger partial charge in [-0.15, -0.1) is 0 Å². The summed E-state index contributed by atoms with van der Waals surface area (Å²) in [4.78, 5) is 18.9. The summed E-state index contributed by atoms with van der Waals surface area (Å²) in [5.74, 6) is 1.66. The molecule has 0 saturated carbocycles. The molecule has 1 amide bonds. The molecule has 7 nitrogen and oxygen atoms in total. The third-order valence-electron chi connectivity index (χ3n) is 4.83. The highest BCUT2D eigenvalue weighted by Crippen LogP contribution is 2.40. The van der Waals surface area contributed by atoms with Crippen LogP contribution in [0.2, 0.25) is 0 Å². The fraction of sp³-hybridized carbons (Fsp3) is 0.429. The monoisotopic (exact) mass is 385 g/mol. The van der Waals surface area contributed by atoms with Crippen LogP contribution in [0.25, 0.3) is 0 Å². The largest absolute Gasteiger partial charge is 0.493 e. The molecule has 1 saturated heterocycles. The lowest BCUT2D eigenvalue weighted by Crippen LogP contribution is -2.32. The number of likely N-dealkylation sites (tertiary alicyclic amines) is 1. The summed E-state index contributed by atoms with van der Waals surface area (Å²) in [7, 11) is 4.72. The van der Waals surface area contributed by atoms with Gasteiger partial charge in [0, 0.05) is 30.9 Å². The normalized spacial score (nSPS) is 14.2. The number of nitrogens with zero attached hydrogens (tertiary/aromatic N) is 2. The highest BCUT2D eigenvalue weighted by molar-refractivity contribution is 5.92. The molecule has 1 aliphatic heterocycles. The fourth-order valence-electron chi connectivity index (χ4n) is 3.35. The van der Waals surface area contributed by atoms with E-state index < -0.39 is 0 Å². The van der Waals surface area contributed by atoms with Gasteiger partial charge in [-0.25, -0.2) is 4.98 Å². The van der Waals surface area contributed by atoms with Gasteiger partial charge in [0.15, 0.2) is 11.5 Å². The highest BCUT2D eigenvalue weighted by atomic mass is 16.5. The Morgan fingerprint density at radius 1 is 0.929 bits per heavy atom. The second kappa shape index (κ2) is 9.30. The predicted molar refractivity (Wildman–Crippen MR) is 108 cm³/mol. The van der Waals surface area contributed by atoms with Crippen LogP contribution in [-0.4, -0.2) is 50.2 Å². The Morgan fingerprint density at radius 3 is 2.07 bits per heavy atom. The standard InChI is InChI=1S/C21H27N3O4/c1-26-18-12-16(13-19(27-2)20(18)28-3)23-15-8-9-17(22-14-15)21(25)24-10-6-4-5-7-11-24/h8-9,12-14,23H,4-7,10-11H2,1-3H3. The number of anilines is 2. The topological polar surface area (TPSA) is 72.9 Å². The van der Waals surface area contributed by atoms with Crippen molar-refractivity contribution >= 4 is 17.3 Å². The number of nitrogens with one attached hydrogen (secondary N) is 1. The van der Waals surface area contributed by atoms with Crippen molar-refractivity contribution in [3.8, 4) is 17.2 Å². The van der Waals surface area contributed by atoms with Crippen molar-refractivity contribution in [2.45, 2.75) is 25.7 Å². The molecule has 0 aliphatic carbocycles. The molecular weight excluding hydrogens is 358 g/mol. The Labute approximate surface area is 165 Å². The van der Waals surface area contributed by atoms with Crippen molar-refractivity contribution in [1.82, 2.24) is 9.88 Å². The van der Waals surface area contributed by atoms with Crippen LogP contribution in [-0.2, 0) is 0 Å². The molecule has 1 aliphatic rings. The van der Waals surface area contributed by atoms with Crippen molar-refractivity contribution in [3.05, 3.63) is 36.2 Å². The summed E-state index contributed by atoms with van der Waals surface area (Å²) in [6.45, 7) is 1.62. The molecule has 2 aromatic rings. The number of hydrogen-bond acceptors (Lipinski definition) is 6. The van der Waals surface area contributed by atoms with Crippen LogP contribution in [0.1, 0.15) is 36.2 Å². The van der Waals surface area contributed by atoms with Crippen LogP contribution in [0.15, 0.2) is 30.5 Å². The smallest absolute Gasteiger partial charge is 0.272 e. The molecule has 0 atom stereocenters. The van der Waals surface area contributed by atoms with Gasteiger partial charge in [-0.05, 0) is 25.0 Å². The zero-order chi connectivity index (χ0) is 19.9. The minimum Gasteiger partial charge on any atom is -0.493 e. The van der Waals surface area contributed by atoms with Crippen LogP contribution in [0, 0.1) is 0 Å². The number of hydrogen-bond donors (Lipinski definition) is 1. The van der Waals surface area contributed by atoms with E-state index in [0.29, 0.717) is 22.9 Å². The van der Waals surface area contributed by atoms with E-state index in [0.717, 1.165) is 37.3 Å². The molecule has 7 heteroatoms. The van der Waals surface area contributed by atoms with E-state index in [-0.39, 0.29) is 5.91 Å². The maximum atomic E-state index is 12.7. The van der Waals surface area contributed by atoms with E-state index in [4.69, 9.17) is 14.2 Å². The number of carbonyl (C=O) groups excluding carboxylic acids is 1. The zero-order valence-corrected chi connectivity index (χ0v) is 16.7. The minimum absolute atomic E-state index is 0.00114. The van der Waals surface area contributed by atoms with Gasteiger partial charge < -0.3 is 24.4 Å². The molecule has 2 heterocycles. The van der Waals surface area contributed by atoms with Gasteiger partial charge in [0.1, 0.15) is 5.69 Å². The van der Waals surface area contributed by atoms with Gasteiger partial charge in [0.25, 0.3) is 5.91 Å². The number of amides is 1. The summed E-state index contributed by atoms with van der Waals surface area (Å²) in [5, 5.41) is 3.26. The molecule has 3 rings (SSSR count). The molecule has 1 N–H and O–H groups in total. The number of benzene rings is 1. The molecule has 150 valence electrons. The first kappa shape index (κ1) is 19.8. The number of carbonyl (C=O) groups is 1. The molecule has 28 heavy (non-hydrogen) atoms. The second-order valence-corrected chi connectivity index (χ2v) is 6.68. The Balaban J connectivity index is 1.74. The Kier molecular flexibility index (Phi) is 6.57. The summed E-state index contributed by atoms with van der Waals surface area (Å²) < 4.78 is 16.1. The first-order valence-corrected chi connectivity index (χ1v) is 9.48. The SMILES string of the molecule is COc1cc(Nc2ccc(C(=O)N3CCCCCC3)nc2)cc(OC)c1OC. The maximum Gasteiger partial charge on any atom is 0.272 e. The third-order valence-corrected chi connectivity index (χ3v) is 4.83. The minimum atomic E-state index is 0.00114. The van der Waals surface area contributed by atoms with E-state index >= 15 is 0 Å². The van der Waals surface area contributed by atoms with E-state index in [2.05, 4.69) is 10.3 Å². The van der Waals surface area contributed by atoms with E-state index in [1.807, 2.05) is 23.1 Å². The summed E-state index contributed by atoms with van der Waals surface area (Å²) in [6.07, 6.45) is 6.16. The lowest BCUT2D eigenvalue weighted by Gasteiger charge is -2.19. The van der Waals surface area contributed by atoms with Crippen molar-refractivity contribution < 1.29 is 19.0 Å². The highest BCUT2D eigenvalue weighted by Gasteiger charge is 2.18. The Morgan fingerprint density at radius 2 is 1.57 bits per heavy atom. The second-order valence-electron chi connectivity index (χ2n) is 6.68. The predicted octanol–water partition coefficient (Wildman–Crippen LogP) is 3.87. The van der Waals surface area contributed by atoms with Crippen LogP contribution < -0.4 is 19.5 Å². The van der Waals surface area contributed by atoms with Crippen LogP contribution in [0.3, 0.4) is 0 Å². The quantitative estimate of drug-likeness (QED) is 0.814. The van der Waals surface area contributed by atoms with Gasteiger partial charge in [-0.1, -0.05) is 12.8 Å². The van der Waals surface area contributed by atoms with E-state index in [9.17, 15) is 4.79 Å². The summed E-state index contributed by atoms with van der Waals surface area (Å²) in [5.41, 5.74) is 2.00. The molecular formula is C21H27N3O4. The lowest BCUT2D eigenvalue weighted by atomic mass is 10.2. The number of rotatable bonds is 6. The third kappa shape index (κ3) is 4.47. The van der Waals surface area contributed by atoms with Crippen LogP contribution in [0.4, 0.5) is 11.4 Å². The van der Waals surface area contributed by atoms with Crippen molar-refractivity contribution in [2.24, 2.45) is 0 Å². The molecule has 0 bridgehead atoms. The van der Waals surface area contributed by atoms with Gasteiger partial charge in [0.2, 0.25) is 5.75 Å². The summed E-state index contributed by atoms with van der Waals surface area (Å²) in [6, 6.07) is 7.24. The van der Waals surface area contributed by atoms with Crippen molar-refractivity contribution in [3.63, 3.8) is 0 Å². The van der Waals surface area contributed by atoms with Crippen LogP contribution >= 0.6 is 0 Å². The summed E-state index contributed by atoms with van der Waals surface area (Å²) >= 11 is 0. The first-order chi connectivity index (χ1) is 13.7. The molecule has 0 spiro atoms. The molecule has 1 aromatic carbocycles. The van der Waals surface area contributed by atoms with E-state index in [1.54, 1.807) is 33.6 Å². The molecule has 1 aromatic heterocycles. The number of aromatic nitrogens is 1. The van der Waals surface area contributed by atoms with Crippen molar-refractivity contribution in [2.75, 3.05) is 39.7 Å². The van der Waals surface area contributed by atoms with Gasteiger partial charge in [-0.3, -0.25) is 4.79 Å². The molecule has 0 radical (unpaired) electrons. The number of ether oxygens (including phenoxy) is 3. The Bertz CT molecular complexity index is 775. The van der Waals surface area contributed by atoms with Crippen LogP contribution in [0.5, 0.6) is 17.2 Å². The van der Waals surface area contributed by atoms with Crippen molar-refractivity contribution in [1.29, 1.82) is 0 Å².